The molecule has 0 heterocycles. The van der Waals surface area contributed by atoms with E-state index in [1.165, 1.54) is 19.3 Å². The molecule has 17 heavy (non-hydrogen) atoms. The third-order valence-corrected chi connectivity index (χ3v) is 3.27. The molecule has 1 saturated carbocycles. The van der Waals surface area contributed by atoms with Gasteiger partial charge < -0.3 is 10.1 Å². The van der Waals surface area contributed by atoms with Gasteiger partial charge in [0.1, 0.15) is 5.75 Å². The van der Waals surface area contributed by atoms with Crippen LogP contribution in [0.2, 0.25) is 0 Å². The molecule has 0 aliphatic heterocycles. The van der Waals surface area contributed by atoms with Crippen LogP contribution in [0.25, 0.3) is 0 Å². The van der Waals surface area contributed by atoms with E-state index in [9.17, 15) is 4.79 Å². The predicted octanol–water partition coefficient (Wildman–Crippen LogP) is 2.76. The van der Waals surface area contributed by atoms with Gasteiger partial charge in [-0.05, 0) is 31.0 Å². The molecule has 92 valence electrons. The van der Waals surface area contributed by atoms with Crippen molar-refractivity contribution < 1.29 is 9.53 Å². The van der Waals surface area contributed by atoms with E-state index in [2.05, 4.69) is 5.32 Å². The number of amides is 1. The van der Waals surface area contributed by atoms with Gasteiger partial charge in [-0.15, -0.1) is 0 Å². The average Bonchev–Trinajstić information content (AvgIpc) is 2.40. The second-order valence-electron chi connectivity index (χ2n) is 4.54. The van der Waals surface area contributed by atoms with E-state index in [-0.39, 0.29) is 5.91 Å². The van der Waals surface area contributed by atoms with Gasteiger partial charge >= 0.3 is 0 Å². The average molecular weight is 233 g/mol. The molecule has 2 rings (SSSR count). The number of nitrogens with one attached hydrogen (secondary N) is 1. The fourth-order valence-electron chi connectivity index (χ4n) is 2.28. The monoisotopic (exact) mass is 233 g/mol. The number of methoxy groups -OCH3 is 1. The number of rotatable bonds is 3. The Morgan fingerprint density at radius 1 is 1.29 bits per heavy atom. The van der Waals surface area contributed by atoms with E-state index < -0.39 is 0 Å². The summed E-state index contributed by atoms with van der Waals surface area (Å²) in [5, 5.41) is 3.09. The van der Waals surface area contributed by atoms with Gasteiger partial charge in [0.05, 0.1) is 7.11 Å². The second kappa shape index (κ2) is 5.71. The summed E-state index contributed by atoms with van der Waals surface area (Å²) >= 11 is 0. The number of benzene rings is 1. The number of carbonyl (C=O) groups is 1. The molecule has 1 aliphatic carbocycles. The van der Waals surface area contributed by atoms with Crippen LogP contribution in [0.4, 0.5) is 0 Å². The van der Waals surface area contributed by atoms with Crippen LogP contribution >= 0.6 is 0 Å². The van der Waals surface area contributed by atoms with Crippen molar-refractivity contribution in [3.8, 4) is 5.75 Å². The van der Waals surface area contributed by atoms with Gasteiger partial charge in [-0.1, -0.05) is 25.3 Å². The zero-order chi connectivity index (χ0) is 12.1. The van der Waals surface area contributed by atoms with E-state index >= 15 is 0 Å². The molecule has 3 heteroatoms. The maximum Gasteiger partial charge on any atom is 0.251 e. The lowest BCUT2D eigenvalue weighted by molar-refractivity contribution is 0.0927. The summed E-state index contributed by atoms with van der Waals surface area (Å²) < 4.78 is 5.11. The molecule has 1 aromatic carbocycles. The van der Waals surface area contributed by atoms with Crippen molar-refractivity contribution in [2.75, 3.05) is 7.11 Å². The number of hydrogen-bond donors (Lipinski definition) is 1. The lowest BCUT2D eigenvalue weighted by Gasteiger charge is -2.22. The maximum absolute atomic E-state index is 12.0. The number of carbonyl (C=O) groups excluding carboxylic acids is 1. The lowest BCUT2D eigenvalue weighted by Crippen LogP contribution is -2.36. The van der Waals surface area contributed by atoms with Crippen LogP contribution in [0.3, 0.4) is 0 Å². The minimum atomic E-state index is 0.0100. The molecular formula is C14H19NO2. The summed E-state index contributed by atoms with van der Waals surface area (Å²) in [6, 6.07) is 7.63. The summed E-state index contributed by atoms with van der Waals surface area (Å²) in [4.78, 5) is 12.0. The zero-order valence-corrected chi connectivity index (χ0v) is 10.2. The molecule has 1 amide bonds. The Labute approximate surface area is 102 Å². The first-order valence-electron chi connectivity index (χ1n) is 6.24. The standard InChI is InChI=1S/C14H19NO2/c1-17-13-9-5-6-11(10-13)14(16)15-12-7-3-2-4-8-12/h5-6,9-10,12H,2-4,7-8H2,1H3,(H,15,16). The minimum Gasteiger partial charge on any atom is -0.497 e. The van der Waals surface area contributed by atoms with Crippen LogP contribution in [0, 0.1) is 0 Å². The van der Waals surface area contributed by atoms with Crippen molar-refractivity contribution in [1.82, 2.24) is 5.32 Å². The van der Waals surface area contributed by atoms with E-state index in [0.29, 0.717) is 11.6 Å². The van der Waals surface area contributed by atoms with Crippen molar-refractivity contribution in [2.45, 2.75) is 38.1 Å². The minimum absolute atomic E-state index is 0.0100. The Kier molecular flexibility index (Phi) is 4.02. The van der Waals surface area contributed by atoms with Gasteiger partial charge in [-0.3, -0.25) is 4.79 Å². The van der Waals surface area contributed by atoms with Crippen molar-refractivity contribution in [1.29, 1.82) is 0 Å². The summed E-state index contributed by atoms with van der Waals surface area (Å²) in [5.74, 6) is 0.733. The molecule has 3 nitrogen and oxygen atoms in total. The summed E-state index contributed by atoms with van der Waals surface area (Å²) in [7, 11) is 1.61. The van der Waals surface area contributed by atoms with Crippen molar-refractivity contribution in [3.63, 3.8) is 0 Å². The number of hydrogen-bond acceptors (Lipinski definition) is 2. The number of ether oxygens (including phenoxy) is 1. The molecule has 0 unspecified atom stereocenters. The highest BCUT2D eigenvalue weighted by molar-refractivity contribution is 5.94. The molecule has 1 N–H and O–H groups in total. The van der Waals surface area contributed by atoms with Crippen LogP contribution in [0.15, 0.2) is 24.3 Å². The Bertz CT molecular complexity index is 384. The molecule has 0 aromatic heterocycles. The lowest BCUT2D eigenvalue weighted by atomic mass is 9.95. The first-order valence-corrected chi connectivity index (χ1v) is 6.24. The molecule has 1 fully saturated rings. The van der Waals surface area contributed by atoms with Crippen molar-refractivity contribution in [2.24, 2.45) is 0 Å². The Morgan fingerprint density at radius 2 is 2.06 bits per heavy atom. The normalized spacial score (nSPS) is 16.5. The van der Waals surface area contributed by atoms with E-state index in [1.807, 2.05) is 18.2 Å². The van der Waals surface area contributed by atoms with Crippen LogP contribution in [0.5, 0.6) is 5.75 Å². The molecule has 1 aliphatic rings. The third-order valence-electron chi connectivity index (χ3n) is 3.27. The van der Waals surface area contributed by atoms with Crippen LogP contribution in [-0.4, -0.2) is 19.1 Å². The van der Waals surface area contributed by atoms with Gasteiger partial charge in [0, 0.05) is 11.6 Å². The molecular weight excluding hydrogens is 214 g/mol. The molecule has 0 radical (unpaired) electrons. The highest BCUT2D eigenvalue weighted by atomic mass is 16.5. The van der Waals surface area contributed by atoms with Gasteiger partial charge in [0.25, 0.3) is 5.91 Å². The summed E-state index contributed by atoms with van der Waals surface area (Å²) in [6.45, 7) is 0. The van der Waals surface area contributed by atoms with E-state index in [4.69, 9.17) is 4.74 Å². The Hall–Kier alpha value is -1.51. The summed E-state index contributed by atoms with van der Waals surface area (Å²) in [6.07, 6.45) is 5.96. The van der Waals surface area contributed by atoms with Gasteiger partial charge in [0.15, 0.2) is 0 Å². The van der Waals surface area contributed by atoms with E-state index in [0.717, 1.165) is 18.6 Å². The molecule has 0 bridgehead atoms. The van der Waals surface area contributed by atoms with Crippen LogP contribution < -0.4 is 10.1 Å². The third kappa shape index (κ3) is 3.22. The van der Waals surface area contributed by atoms with Gasteiger partial charge in [0.2, 0.25) is 0 Å². The van der Waals surface area contributed by atoms with Gasteiger partial charge in [-0.2, -0.15) is 0 Å². The fourth-order valence-corrected chi connectivity index (χ4v) is 2.28. The fraction of sp³-hybridized carbons (Fsp3) is 0.500. The topological polar surface area (TPSA) is 38.3 Å². The molecule has 0 spiro atoms. The quantitative estimate of drug-likeness (QED) is 0.871. The zero-order valence-electron chi connectivity index (χ0n) is 10.2. The van der Waals surface area contributed by atoms with E-state index in [1.54, 1.807) is 13.2 Å². The Morgan fingerprint density at radius 3 is 2.76 bits per heavy atom. The second-order valence-corrected chi connectivity index (χ2v) is 4.54. The smallest absolute Gasteiger partial charge is 0.251 e. The highest BCUT2D eigenvalue weighted by Crippen LogP contribution is 2.18. The van der Waals surface area contributed by atoms with Crippen LogP contribution in [0.1, 0.15) is 42.5 Å². The SMILES string of the molecule is COc1cccc(C(=O)NC2CCCCC2)c1. The summed E-state index contributed by atoms with van der Waals surface area (Å²) in [5.41, 5.74) is 0.676. The largest absolute Gasteiger partial charge is 0.497 e. The van der Waals surface area contributed by atoms with Crippen LogP contribution in [-0.2, 0) is 0 Å². The van der Waals surface area contributed by atoms with Crippen molar-refractivity contribution in [3.05, 3.63) is 29.8 Å². The highest BCUT2D eigenvalue weighted by Gasteiger charge is 2.16. The first-order chi connectivity index (χ1) is 8.29. The maximum atomic E-state index is 12.0. The predicted molar refractivity (Wildman–Crippen MR) is 67.3 cm³/mol. The van der Waals surface area contributed by atoms with Gasteiger partial charge in [-0.25, -0.2) is 0 Å². The molecule has 0 atom stereocenters. The first kappa shape index (κ1) is 12.0. The molecule has 0 saturated heterocycles. The molecule has 1 aromatic rings. The Balaban J connectivity index is 1.98. The van der Waals surface area contributed by atoms with Crippen molar-refractivity contribution >= 4 is 5.91 Å².